The van der Waals surface area contributed by atoms with Gasteiger partial charge in [0.05, 0.1) is 7.11 Å². The molecule has 0 fully saturated rings. The number of alkyl halides is 1. The molecule has 1 aromatic rings. The zero-order valence-corrected chi connectivity index (χ0v) is 15.6. The minimum absolute atomic E-state index is 0.253. The molecule has 0 aliphatic rings. The molecule has 0 aromatic heterocycles. The van der Waals surface area contributed by atoms with Crippen molar-refractivity contribution < 1.29 is 9.53 Å². The van der Waals surface area contributed by atoms with Crippen LogP contribution < -0.4 is 4.74 Å². The summed E-state index contributed by atoms with van der Waals surface area (Å²) < 4.78 is 5.23. The van der Waals surface area contributed by atoms with E-state index in [2.05, 4.69) is 15.9 Å². The molecule has 0 saturated carbocycles. The molecule has 0 radical (unpaired) electrons. The van der Waals surface area contributed by atoms with E-state index in [4.69, 9.17) is 4.74 Å². The van der Waals surface area contributed by atoms with Gasteiger partial charge in [-0.3, -0.25) is 4.79 Å². The monoisotopic (exact) mass is 368 g/mol. The molecular weight excluding hydrogens is 340 g/mol. The van der Waals surface area contributed by atoms with Gasteiger partial charge in [-0.25, -0.2) is 0 Å². The van der Waals surface area contributed by atoms with Crippen molar-refractivity contribution in [3.63, 3.8) is 0 Å². The van der Waals surface area contributed by atoms with Crippen molar-refractivity contribution in [1.82, 2.24) is 0 Å². The number of unbranched alkanes of at least 4 members (excludes halogenated alkanes) is 7. The van der Waals surface area contributed by atoms with E-state index in [-0.39, 0.29) is 5.78 Å². The number of aryl methyl sites for hydroxylation is 1. The lowest BCUT2D eigenvalue weighted by Crippen LogP contribution is -2.00. The molecule has 0 amide bonds. The molecule has 0 bridgehead atoms. The summed E-state index contributed by atoms with van der Waals surface area (Å²) in [6.07, 6.45) is 10.7. The van der Waals surface area contributed by atoms with Crippen LogP contribution in [0.15, 0.2) is 18.2 Å². The molecular formula is C19H29BrO2. The summed E-state index contributed by atoms with van der Waals surface area (Å²) in [5, 5.41) is 1.12. The van der Waals surface area contributed by atoms with Crippen molar-refractivity contribution in [3.05, 3.63) is 29.3 Å². The molecule has 0 N–H and O–H groups in total. The Balaban J connectivity index is 2.14. The van der Waals surface area contributed by atoms with Crippen LogP contribution in [0.25, 0.3) is 0 Å². The quantitative estimate of drug-likeness (QED) is 0.253. The fourth-order valence-electron chi connectivity index (χ4n) is 2.64. The number of hydrogen-bond donors (Lipinski definition) is 0. The minimum atomic E-state index is 0.253. The van der Waals surface area contributed by atoms with Crippen molar-refractivity contribution in [1.29, 1.82) is 0 Å². The van der Waals surface area contributed by atoms with Crippen molar-refractivity contribution in [2.24, 2.45) is 0 Å². The van der Waals surface area contributed by atoms with Crippen LogP contribution in [0.5, 0.6) is 5.75 Å². The van der Waals surface area contributed by atoms with Gasteiger partial charge in [0, 0.05) is 17.3 Å². The largest absolute Gasteiger partial charge is 0.496 e. The van der Waals surface area contributed by atoms with Gasteiger partial charge in [-0.05, 0) is 43.5 Å². The van der Waals surface area contributed by atoms with E-state index in [1.54, 1.807) is 7.11 Å². The summed E-state index contributed by atoms with van der Waals surface area (Å²) in [5.41, 5.74) is 1.84. The number of methoxy groups -OCH3 is 1. The smallest absolute Gasteiger partial charge is 0.162 e. The Morgan fingerprint density at radius 2 is 1.59 bits per heavy atom. The highest BCUT2D eigenvalue weighted by Gasteiger charge is 2.07. The lowest BCUT2D eigenvalue weighted by molar-refractivity contribution is 0.0979. The lowest BCUT2D eigenvalue weighted by Gasteiger charge is -2.07. The van der Waals surface area contributed by atoms with Crippen LogP contribution in [0.3, 0.4) is 0 Å². The molecule has 0 atom stereocenters. The second-order valence-electron chi connectivity index (χ2n) is 5.87. The van der Waals surface area contributed by atoms with Gasteiger partial charge in [0.2, 0.25) is 0 Å². The maximum Gasteiger partial charge on any atom is 0.162 e. The Bertz CT molecular complexity index is 443. The van der Waals surface area contributed by atoms with Crippen molar-refractivity contribution in [2.45, 2.75) is 64.7 Å². The second kappa shape index (κ2) is 11.7. The molecule has 124 valence electrons. The van der Waals surface area contributed by atoms with Crippen LogP contribution in [0.1, 0.15) is 73.7 Å². The first-order chi connectivity index (χ1) is 10.7. The predicted molar refractivity (Wildman–Crippen MR) is 97.4 cm³/mol. The van der Waals surface area contributed by atoms with Gasteiger partial charge in [0.1, 0.15) is 5.75 Å². The van der Waals surface area contributed by atoms with Crippen LogP contribution >= 0.6 is 15.9 Å². The fraction of sp³-hybridized carbons (Fsp3) is 0.632. The lowest BCUT2D eigenvalue weighted by atomic mass is 10.0. The Morgan fingerprint density at radius 1 is 1.00 bits per heavy atom. The van der Waals surface area contributed by atoms with E-state index in [0.717, 1.165) is 28.6 Å². The molecule has 3 heteroatoms. The topological polar surface area (TPSA) is 26.3 Å². The zero-order chi connectivity index (χ0) is 16.2. The van der Waals surface area contributed by atoms with E-state index in [1.807, 2.05) is 25.1 Å². The second-order valence-corrected chi connectivity index (χ2v) is 6.67. The van der Waals surface area contributed by atoms with Crippen LogP contribution in [0, 0.1) is 6.92 Å². The first-order valence-corrected chi connectivity index (χ1v) is 9.55. The number of ketones is 1. The van der Waals surface area contributed by atoms with Crippen LogP contribution in [0.2, 0.25) is 0 Å². The first-order valence-electron chi connectivity index (χ1n) is 8.43. The standard InChI is InChI=1S/C19H29BrO2/c1-16-15-17(12-13-19(16)22-2)18(21)11-9-7-5-3-4-6-8-10-14-20/h12-13,15H,3-11,14H2,1-2H3. The number of ether oxygens (including phenoxy) is 1. The third-order valence-electron chi connectivity index (χ3n) is 4.00. The van der Waals surface area contributed by atoms with Gasteiger partial charge in [-0.2, -0.15) is 0 Å². The maximum atomic E-state index is 12.2. The van der Waals surface area contributed by atoms with Gasteiger partial charge in [-0.1, -0.05) is 54.5 Å². The molecule has 0 saturated heterocycles. The third kappa shape index (κ3) is 7.44. The summed E-state index contributed by atoms with van der Waals surface area (Å²) in [5.74, 6) is 1.10. The highest BCUT2D eigenvalue weighted by atomic mass is 79.9. The van der Waals surface area contributed by atoms with Crippen LogP contribution in [-0.4, -0.2) is 18.2 Å². The van der Waals surface area contributed by atoms with Gasteiger partial charge in [-0.15, -0.1) is 0 Å². The molecule has 1 aromatic carbocycles. The molecule has 0 spiro atoms. The highest BCUT2D eigenvalue weighted by molar-refractivity contribution is 9.09. The normalized spacial score (nSPS) is 10.7. The minimum Gasteiger partial charge on any atom is -0.496 e. The van der Waals surface area contributed by atoms with E-state index in [0.29, 0.717) is 6.42 Å². The van der Waals surface area contributed by atoms with Crippen LogP contribution in [0.4, 0.5) is 0 Å². The summed E-state index contributed by atoms with van der Waals surface area (Å²) in [4.78, 5) is 12.2. The van der Waals surface area contributed by atoms with Crippen molar-refractivity contribution >= 4 is 21.7 Å². The van der Waals surface area contributed by atoms with Gasteiger partial charge in [0.25, 0.3) is 0 Å². The van der Waals surface area contributed by atoms with E-state index >= 15 is 0 Å². The number of carbonyl (C=O) groups is 1. The Hall–Kier alpha value is -0.830. The molecule has 0 unspecified atom stereocenters. The number of rotatable bonds is 12. The van der Waals surface area contributed by atoms with E-state index < -0.39 is 0 Å². The Labute approximate surface area is 143 Å². The Morgan fingerprint density at radius 3 is 2.14 bits per heavy atom. The summed E-state index contributed by atoms with van der Waals surface area (Å²) in [6.45, 7) is 1.98. The molecule has 1 rings (SSSR count). The first kappa shape index (κ1) is 19.2. The summed E-state index contributed by atoms with van der Waals surface area (Å²) in [6, 6.07) is 5.69. The number of Topliss-reactive ketones (excluding diaryl/α,β-unsaturated/α-hetero) is 1. The van der Waals surface area contributed by atoms with Crippen LogP contribution in [-0.2, 0) is 0 Å². The molecule has 0 heterocycles. The van der Waals surface area contributed by atoms with E-state index in [1.165, 1.54) is 44.9 Å². The van der Waals surface area contributed by atoms with Crippen molar-refractivity contribution in [3.8, 4) is 5.75 Å². The fourth-order valence-corrected chi connectivity index (χ4v) is 3.03. The average Bonchev–Trinajstić information content (AvgIpc) is 2.53. The van der Waals surface area contributed by atoms with Gasteiger partial charge in [0.15, 0.2) is 5.78 Å². The molecule has 0 aliphatic carbocycles. The molecule has 0 aliphatic heterocycles. The number of carbonyl (C=O) groups excluding carboxylic acids is 1. The van der Waals surface area contributed by atoms with Gasteiger partial charge < -0.3 is 4.74 Å². The SMILES string of the molecule is COc1ccc(C(=O)CCCCCCCCCCBr)cc1C. The number of halogens is 1. The molecule has 22 heavy (non-hydrogen) atoms. The predicted octanol–water partition coefficient (Wildman–Crippen LogP) is 6.09. The van der Waals surface area contributed by atoms with Crippen molar-refractivity contribution in [2.75, 3.05) is 12.4 Å². The Kier molecular flexibility index (Phi) is 10.2. The van der Waals surface area contributed by atoms with Gasteiger partial charge >= 0.3 is 0 Å². The third-order valence-corrected chi connectivity index (χ3v) is 4.57. The number of hydrogen-bond acceptors (Lipinski definition) is 2. The maximum absolute atomic E-state index is 12.2. The number of benzene rings is 1. The highest BCUT2D eigenvalue weighted by Crippen LogP contribution is 2.20. The average molecular weight is 369 g/mol. The van der Waals surface area contributed by atoms with E-state index in [9.17, 15) is 4.79 Å². The summed E-state index contributed by atoms with van der Waals surface area (Å²) >= 11 is 3.46. The summed E-state index contributed by atoms with van der Waals surface area (Å²) in [7, 11) is 1.66. The molecule has 2 nitrogen and oxygen atoms in total. The zero-order valence-electron chi connectivity index (χ0n) is 14.0.